The molecule has 0 radical (unpaired) electrons. The first kappa shape index (κ1) is 12.9. The standard InChI is InChI=1S/C13H15ClN4/c1-9-16-12(18-13(8-15)17-9)7-6-10-4-2-3-5-11(10)14/h2-5H,6-8,15H2,1H3. The van der Waals surface area contributed by atoms with Crippen LogP contribution < -0.4 is 5.73 Å². The van der Waals surface area contributed by atoms with Crippen molar-refractivity contribution in [3.63, 3.8) is 0 Å². The molecule has 0 fully saturated rings. The minimum Gasteiger partial charge on any atom is -0.324 e. The summed E-state index contributed by atoms with van der Waals surface area (Å²) in [6.07, 6.45) is 1.55. The summed E-state index contributed by atoms with van der Waals surface area (Å²) in [5.74, 6) is 2.11. The lowest BCUT2D eigenvalue weighted by atomic mass is 10.1. The molecule has 0 saturated heterocycles. The van der Waals surface area contributed by atoms with Gasteiger partial charge in [-0.15, -0.1) is 0 Å². The topological polar surface area (TPSA) is 64.7 Å². The number of nitrogens with zero attached hydrogens (tertiary/aromatic N) is 3. The quantitative estimate of drug-likeness (QED) is 0.916. The van der Waals surface area contributed by atoms with Crippen LogP contribution in [0.4, 0.5) is 0 Å². The van der Waals surface area contributed by atoms with Crippen LogP contribution in [-0.2, 0) is 19.4 Å². The zero-order valence-corrected chi connectivity index (χ0v) is 11.0. The van der Waals surface area contributed by atoms with Crippen LogP contribution in [0, 0.1) is 6.92 Å². The summed E-state index contributed by atoms with van der Waals surface area (Å²) < 4.78 is 0. The molecular formula is C13H15ClN4. The van der Waals surface area contributed by atoms with Crippen molar-refractivity contribution in [1.82, 2.24) is 15.0 Å². The lowest BCUT2D eigenvalue weighted by Crippen LogP contribution is -2.10. The Balaban J connectivity index is 2.11. The highest BCUT2D eigenvalue weighted by Crippen LogP contribution is 2.16. The fraction of sp³-hybridized carbons (Fsp3) is 0.308. The van der Waals surface area contributed by atoms with E-state index in [0.717, 1.165) is 29.3 Å². The molecule has 0 aliphatic rings. The molecule has 1 aromatic carbocycles. The predicted molar refractivity (Wildman–Crippen MR) is 71.3 cm³/mol. The van der Waals surface area contributed by atoms with Crippen LogP contribution in [-0.4, -0.2) is 15.0 Å². The molecule has 5 heteroatoms. The molecule has 1 aromatic heterocycles. The Kier molecular flexibility index (Phi) is 4.23. The van der Waals surface area contributed by atoms with E-state index in [2.05, 4.69) is 15.0 Å². The minimum atomic E-state index is 0.336. The minimum absolute atomic E-state index is 0.336. The SMILES string of the molecule is Cc1nc(CN)nc(CCc2ccccc2Cl)n1. The summed E-state index contributed by atoms with van der Waals surface area (Å²) in [5.41, 5.74) is 6.65. The van der Waals surface area contributed by atoms with Gasteiger partial charge in [0.15, 0.2) is 0 Å². The molecule has 0 spiro atoms. The molecule has 0 atom stereocenters. The van der Waals surface area contributed by atoms with E-state index in [0.29, 0.717) is 18.2 Å². The summed E-state index contributed by atoms with van der Waals surface area (Å²) in [6.45, 7) is 2.18. The van der Waals surface area contributed by atoms with Gasteiger partial charge in [0.2, 0.25) is 0 Å². The molecule has 18 heavy (non-hydrogen) atoms. The van der Waals surface area contributed by atoms with Crippen LogP contribution >= 0.6 is 11.6 Å². The third-order valence-corrected chi connectivity index (χ3v) is 2.97. The Morgan fingerprint density at radius 1 is 1.06 bits per heavy atom. The van der Waals surface area contributed by atoms with E-state index in [1.165, 1.54) is 0 Å². The molecule has 4 nitrogen and oxygen atoms in total. The van der Waals surface area contributed by atoms with Crippen molar-refractivity contribution < 1.29 is 0 Å². The van der Waals surface area contributed by atoms with Crippen molar-refractivity contribution in [2.24, 2.45) is 5.73 Å². The Morgan fingerprint density at radius 3 is 2.50 bits per heavy atom. The van der Waals surface area contributed by atoms with Gasteiger partial charge < -0.3 is 5.73 Å². The summed E-state index contributed by atoms with van der Waals surface area (Å²) in [6, 6.07) is 7.80. The van der Waals surface area contributed by atoms with Gasteiger partial charge in [-0.25, -0.2) is 15.0 Å². The maximum absolute atomic E-state index is 6.11. The zero-order valence-electron chi connectivity index (χ0n) is 10.2. The lowest BCUT2D eigenvalue weighted by molar-refractivity contribution is 0.763. The van der Waals surface area contributed by atoms with Crippen molar-refractivity contribution in [2.45, 2.75) is 26.3 Å². The number of halogens is 1. The number of hydrogen-bond acceptors (Lipinski definition) is 4. The number of benzene rings is 1. The third kappa shape index (κ3) is 3.24. The summed E-state index contributed by atoms with van der Waals surface area (Å²) in [7, 11) is 0. The van der Waals surface area contributed by atoms with E-state index < -0.39 is 0 Å². The molecule has 0 unspecified atom stereocenters. The fourth-order valence-corrected chi connectivity index (χ4v) is 1.98. The number of nitrogens with two attached hydrogens (primary N) is 1. The second-order valence-corrected chi connectivity index (χ2v) is 4.42. The Hall–Kier alpha value is -1.52. The molecule has 0 aliphatic carbocycles. The molecule has 0 bridgehead atoms. The summed E-state index contributed by atoms with van der Waals surface area (Å²) in [5, 5.41) is 0.780. The first-order chi connectivity index (χ1) is 8.69. The normalized spacial score (nSPS) is 10.6. The molecule has 0 amide bonds. The van der Waals surface area contributed by atoms with Crippen LogP contribution in [0.2, 0.25) is 5.02 Å². The Labute approximate surface area is 111 Å². The van der Waals surface area contributed by atoms with Gasteiger partial charge in [0.05, 0.1) is 6.54 Å². The molecule has 2 aromatic rings. The van der Waals surface area contributed by atoms with Gasteiger partial charge in [-0.1, -0.05) is 29.8 Å². The molecule has 0 aliphatic heterocycles. The summed E-state index contributed by atoms with van der Waals surface area (Å²) >= 11 is 6.11. The van der Waals surface area contributed by atoms with Crippen molar-refractivity contribution >= 4 is 11.6 Å². The first-order valence-corrected chi connectivity index (χ1v) is 6.20. The van der Waals surface area contributed by atoms with Crippen molar-refractivity contribution in [3.8, 4) is 0 Å². The van der Waals surface area contributed by atoms with Gasteiger partial charge in [0.1, 0.15) is 17.5 Å². The summed E-state index contributed by atoms with van der Waals surface area (Å²) in [4.78, 5) is 12.8. The van der Waals surface area contributed by atoms with Gasteiger partial charge in [-0.2, -0.15) is 0 Å². The van der Waals surface area contributed by atoms with Gasteiger partial charge in [-0.3, -0.25) is 0 Å². The van der Waals surface area contributed by atoms with E-state index in [1.54, 1.807) is 0 Å². The van der Waals surface area contributed by atoms with E-state index >= 15 is 0 Å². The van der Waals surface area contributed by atoms with Gasteiger partial charge >= 0.3 is 0 Å². The number of aryl methyl sites for hydroxylation is 3. The maximum Gasteiger partial charge on any atom is 0.146 e. The van der Waals surface area contributed by atoms with E-state index in [1.807, 2.05) is 31.2 Å². The highest BCUT2D eigenvalue weighted by atomic mass is 35.5. The van der Waals surface area contributed by atoms with E-state index in [-0.39, 0.29) is 0 Å². The molecule has 2 N–H and O–H groups in total. The molecule has 2 rings (SSSR count). The van der Waals surface area contributed by atoms with Crippen LogP contribution in [0.15, 0.2) is 24.3 Å². The van der Waals surface area contributed by atoms with Crippen LogP contribution in [0.3, 0.4) is 0 Å². The highest BCUT2D eigenvalue weighted by Gasteiger charge is 2.05. The molecule has 0 saturated carbocycles. The highest BCUT2D eigenvalue weighted by molar-refractivity contribution is 6.31. The van der Waals surface area contributed by atoms with Gasteiger partial charge in [0, 0.05) is 11.4 Å². The van der Waals surface area contributed by atoms with Crippen molar-refractivity contribution in [3.05, 3.63) is 52.3 Å². The number of aromatic nitrogens is 3. The second-order valence-electron chi connectivity index (χ2n) is 4.01. The third-order valence-electron chi connectivity index (χ3n) is 2.60. The van der Waals surface area contributed by atoms with Crippen molar-refractivity contribution in [2.75, 3.05) is 0 Å². The predicted octanol–water partition coefficient (Wildman–Crippen LogP) is 2.08. The van der Waals surface area contributed by atoms with E-state index in [9.17, 15) is 0 Å². The van der Waals surface area contributed by atoms with E-state index in [4.69, 9.17) is 17.3 Å². The smallest absolute Gasteiger partial charge is 0.146 e. The first-order valence-electron chi connectivity index (χ1n) is 5.83. The Bertz CT molecular complexity index is 542. The van der Waals surface area contributed by atoms with Crippen LogP contribution in [0.1, 0.15) is 23.0 Å². The van der Waals surface area contributed by atoms with Crippen molar-refractivity contribution in [1.29, 1.82) is 0 Å². The average Bonchev–Trinajstić information content (AvgIpc) is 2.37. The fourth-order valence-electron chi connectivity index (χ4n) is 1.75. The second kappa shape index (κ2) is 5.89. The van der Waals surface area contributed by atoms with Gasteiger partial charge in [0.25, 0.3) is 0 Å². The molecular weight excluding hydrogens is 248 g/mol. The average molecular weight is 263 g/mol. The molecule has 94 valence electrons. The monoisotopic (exact) mass is 262 g/mol. The molecule has 1 heterocycles. The largest absolute Gasteiger partial charge is 0.324 e. The van der Waals surface area contributed by atoms with Crippen LogP contribution in [0.5, 0.6) is 0 Å². The van der Waals surface area contributed by atoms with Gasteiger partial charge in [-0.05, 0) is 25.0 Å². The zero-order chi connectivity index (χ0) is 13.0. The number of rotatable bonds is 4. The number of hydrogen-bond donors (Lipinski definition) is 1. The lowest BCUT2D eigenvalue weighted by Gasteiger charge is -2.05. The Morgan fingerprint density at radius 2 is 1.78 bits per heavy atom. The maximum atomic E-state index is 6.11. The van der Waals surface area contributed by atoms with Crippen LogP contribution in [0.25, 0.3) is 0 Å².